The maximum atomic E-state index is 13.5. The normalized spacial score (nSPS) is 25.7. The zero-order valence-corrected chi connectivity index (χ0v) is 20.0. The molecule has 172 valence electrons. The molecule has 1 aliphatic heterocycles. The molecule has 0 unspecified atom stereocenters. The lowest BCUT2D eigenvalue weighted by molar-refractivity contribution is 0.0246. The highest BCUT2D eigenvalue weighted by Gasteiger charge is 2.54. The summed E-state index contributed by atoms with van der Waals surface area (Å²) in [7, 11) is 6.08. The van der Waals surface area contributed by atoms with Crippen molar-refractivity contribution in [2.24, 2.45) is 0 Å². The summed E-state index contributed by atoms with van der Waals surface area (Å²) in [6.07, 6.45) is 5.18. The standard InChI is InChI=1S/C27H37N3O2/c1-5-19-30-25(31)29(20-22-11-13-24(32-4)14-12-22)21-26(30)15-17-27(18-16-26,28(2)3)23-9-7-6-8-10-23/h6-14H,5,15-21H2,1-4H3/t26-,27+. The Kier molecular flexibility index (Phi) is 6.47. The molecule has 1 saturated carbocycles. The van der Waals surface area contributed by atoms with E-state index in [4.69, 9.17) is 4.74 Å². The molecule has 0 radical (unpaired) electrons. The van der Waals surface area contributed by atoms with Crippen LogP contribution in [0.15, 0.2) is 54.6 Å². The average molecular weight is 436 g/mol. The number of urea groups is 1. The van der Waals surface area contributed by atoms with Gasteiger partial charge in [0.05, 0.1) is 12.6 Å². The van der Waals surface area contributed by atoms with E-state index < -0.39 is 0 Å². The van der Waals surface area contributed by atoms with Gasteiger partial charge in [0, 0.05) is 25.2 Å². The number of methoxy groups -OCH3 is 1. The number of nitrogens with zero attached hydrogens (tertiary/aromatic N) is 3. The third-order valence-corrected chi connectivity index (χ3v) is 7.71. The molecule has 2 amide bonds. The van der Waals surface area contributed by atoms with Crippen LogP contribution in [0.1, 0.15) is 50.2 Å². The van der Waals surface area contributed by atoms with E-state index in [1.807, 2.05) is 12.1 Å². The molecule has 32 heavy (non-hydrogen) atoms. The zero-order chi connectivity index (χ0) is 22.8. The van der Waals surface area contributed by atoms with Gasteiger partial charge >= 0.3 is 6.03 Å². The fourth-order valence-electron chi connectivity index (χ4n) is 5.81. The fraction of sp³-hybridized carbons (Fsp3) is 0.519. The van der Waals surface area contributed by atoms with Crippen molar-refractivity contribution in [2.45, 2.75) is 56.7 Å². The summed E-state index contributed by atoms with van der Waals surface area (Å²) < 4.78 is 5.28. The van der Waals surface area contributed by atoms with Crippen molar-refractivity contribution in [1.82, 2.24) is 14.7 Å². The Morgan fingerprint density at radius 2 is 1.62 bits per heavy atom. The largest absolute Gasteiger partial charge is 0.497 e. The first-order valence-electron chi connectivity index (χ1n) is 11.9. The molecule has 4 rings (SSSR count). The lowest BCUT2D eigenvalue weighted by Crippen LogP contribution is -2.55. The van der Waals surface area contributed by atoms with Gasteiger partial charge in [-0.1, -0.05) is 49.4 Å². The Morgan fingerprint density at radius 1 is 0.969 bits per heavy atom. The summed E-state index contributed by atoms with van der Waals surface area (Å²) in [5.74, 6) is 0.846. The van der Waals surface area contributed by atoms with Gasteiger partial charge in [-0.15, -0.1) is 0 Å². The monoisotopic (exact) mass is 435 g/mol. The van der Waals surface area contributed by atoms with E-state index in [9.17, 15) is 4.79 Å². The van der Waals surface area contributed by atoms with Gasteiger partial charge in [0.25, 0.3) is 0 Å². The molecule has 2 aliphatic rings. The fourth-order valence-corrected chi connectivity index (χ4v) is 5.81. The van der Waals surface area contributed by atoms with Crippen molar-refractivity contribution in [3.8, 4) is 5.75 Å². The van der Waals surface area contributed by atoms with Crippen LogP contribution < -0.4 is 4.74 Å². The summed E-state index contributed by atoms with van der Waals surface area (Å²) >= 11 is 0. The minimum absolute atomic E-state index is 0.0385. The van der Waals surface area contributed by atoms with E-state index in [2.05, 4.69) is 78.2 Å². The Balaban J connectivity index is 1.55. The molecule has 5 nitrogen and oxygen atoms in total. The van der Waals surface area contributed by atoms with Crippen molar-refractivity contribution in [1.29, 1.82) is 0 Å². The van der Waals surface area contributed by atoms with E-state index >= 15 is 0 Å². The van der Waals surface area contributed by atoms with Gasteiger partial charge in [0.1, 0.15) is 5.75 Å². The lowest BCUT2D eigenvalue weighted by Gasteiger charge is -2.51. The molecule has 0 aromatic heterocycles. The number of amides is 2. The average Bonchev–Trinajstić information content (AvgIpc) is 3.06. The molecule has 1 saturated heterocycles. The Hall–Kier alpha value is -2.53. The first kappa shape index (κ1) is 22.7. The molecule has 0 bridgehead atoms. The van der Waals surface area contributed by atoms with Crippen molar-refractivity contribution in [3.63, 3.8) is 0 Å². The molecule has 2 fully saturated rings. The molecule has 1 aliphatic carbocycles. The summed E-state index contributed by atoms with van der Waals surface area (Å²) in [5, 5.41) is 0. The van der Waals surface area contributed by atoms with Crippen LogP contribution in [0.4, 0.5) is 4.79 Å². The summed E-state index contributed by atoms with van der Waals surface area (Å²) in [4.78, 5) is 20.1. The SMILES string of the molecule is CCCN1C(=O)N(Cc2ccc(OC)cc2)C[C@]12CC[C@](c1ccccc1)(N(C)C)CC2. The van der Waals surface area contributed by atoms with Crippen molar-refractivity contribution >= 4 is 6.03 Å². The van der Waals surface area contributed by atoms with Crippen LogP contribution in [0.25, 0.3) is 0 Å². The van der Waals surface area contributed by atoms with Crippen LogP contribution >= 0.6 is 0 Å². The van der Waals surface area contributed by atoms with Crippen LogP contribution in [-0.2, 0) is 12.1 Å². The van der Waals surface area contributed by atoms with Gasteiger partial charge in [0.2, 0.25) is 0 Å². The second-order valence-electron chi connectivity index (χ2n) is 9.65. The number of carbonyl (C=O) groups is 1. The smallest absolute Gasteiger partial charge is 0.320 e. The summed E-state index contributed by atoms with van der Waals surface area (Å²) in [6, 6.07) is 19.2. The highest BCUT2D eigenvalue weighted by molar-refractivity contribution is 5.78. The van der Waals surface area contributed by atoms with Crippen LogP contribution in [0.5, 0.6) is 5.75 Å². The topological polar surface area (TPSA) is 36.0 Å². The molecule has 0 atom stereocenters. The maximum Gasteiger partial charge on any atom is 0.320 e. The van der Waals surface area contributed by atoms with Crippen LogP contribution in [0, 0.1) is 0 Å². The van der Waals surface area contributed by atoms with Crippen molar-refractivity contribution in [2.75, 3.05) is 34.3 Å². The summed E-state index contributed by atoms with van der Waals surface area (Å²) in [6.45, 7) is 4.47. The number of carbonyl (C=O) groups excluding carboxylic acids is 1. The number of rotatable bonds is 7. The number of hydrogen-bond donors (Lipinski definition) is 0. The van der Waals surface area contributed by atoms with E-state index in [-0.39, 0.29) is 17.1 Å². The van der Waals surface area contributed by atoms with Gasteiger partial charge in [-0.05, 0) is 69.5 Å². The number of hydrogen-bond acceptors (Lipinski definition) is 3. The second kappa shape index (κ2) is 9.14. The van der Waals surface area contributed by atoms with Gasteiger partial charge in [-0.2, -0.15) is 0 Å². The van der Waals surface area contributed by atoms with Crippen molar-refractivity contribution < 1.29 is 9.53 Å². The maximum absolute atomic E-state index is 13.5. The highest BCUT2D eigenvalue weighted by Crippen LogP contribution is 2.49. The van der Waals surface area contributed by atoms with E-state index in [0.717, 1.165) is 56.5 Å². The number of ether oxygens (including phenoxy) is 1. The molecule has 2 aromatic carbocycles. The Morgan fingerprint density at radius 3 is 2.19 bits per heavy atom. The molecule has 1 heterocycles. The first-order chi connectivity index (χ1) is 15.4. The quantitative estimate of drug-likeness (QED) is 0.606. The first-order valence-corrected chi connectivity index (χ1v) is 11.9. The van der Waals surface area contributed by atoms with Gasteiger partial charge < -0.3 is 14.5 Å². The number of benzene rings is 2. The van der Waals surface area contributed by atoms with E-state index in [1.54, 1.807) is 7.11 Å². The van der Waals surface area contributed by atoms with E-state index in [0.29, 0.717) is 6.54 Å². The third kappa shape index (κ3) is 3.99. The Labute approximate surface area is 193 Å². The molecule has 2 aromatic rings. The highest BCUT2D eigenvalue weighted by atomic mass is 16.5. The molecule has 5 heteroatoms. The minimum Gasteiger partial charge on any atom is -0.497 e. The zero-order valence-electron chi connectivity index (χ0n) is 20.0. The van der Waals surface area contributed by atoms with Gasteiger partial charge in [-0.25, -0.2) is 4.79 Å². The van der Waals surface area contributed by atoms with Crippen molar-refractivity contribution in [3.05, 3.63) is 65.7 Å². The third-order valence-electron chi connectivity index (χ3n) is 7.71. The van der Waals surface area contributed by atoms with Crippen LogP contribution in [0.3, 0.4) is 0 Å². The molecule has 0 N–H and O–H groups in total. The predicted molar refractivity (Wildman–Crippen MR) is 129 cm³/mol. The molecular formula is C27H37N3O2. The van der Waals surface area contributed by atoms with Crippen LogP contribution in [0.2, 0.25) is 0 Å². The summed E-state index contributed by atoms with van der Waals surface area (Å²) in [5.41, 5.74) is 2.52. The lowest BCUT2D eigenvalue weighted by atomic mass is 9.68. The molecule has 1 spiro atoms. The van der Waals surface area contributed by atoms with Gasteiger partial charge in [0.15, 0.2) is 0 Å². The van der Waals surface area contributed by atoms with Gasteiger partial charge in [-0.3, -0.25) is 4.90 Å². The van der Waals surface area contributed by atoms with E-state index in [1.165, 1.54) is 5.56 Å². The Bertz CT molecular complexity index is 902. The minimum atomic E-state index is -0.0617. The second-order valence-corrected chi connectivity index (χ2v) is 9.65. The predicted octanol–water partition coefficient (Wildman–Crippen LogP) is 5.11. The molecular weight excluding hydrogens is 398 g/mol. The van der Waals surface area contributed by atoms with Crippen LogP contribution in [-0.4, -0.2) is 60.6 Å².